The van der Waals surface area contributed by atoms with Crippen LogP contribution in [0, 0.1) is 0 Å². The van der Waals surface area contributed by atoms with Crippen molar-refractivity contribution in [1.82, 2.24) is 14.5 Å². The normalized spacial score (nSPS) is 14.7. The SMILES string of the molecule is COc1ccc(S(=O)(=O)N2CCc3[nH]nc(-c4cccc(Cl)c4)c3C2)cc1. The number of aromatic amines is 1. The zero-order valence-electron chi connectivity index (χ0n) is 14.6. The van der Waals surface area contributed by atoms with E-state index in [1.165, 1.54) is 4.31 Å². The van der Waals surface area contributed by atoms with Crippen LogP contribution in [0.1, 0.15) is 11.3 Å². The number of H-pyrrole nitrogens is 1. The lowest BCUT2D eigenvalue weighted by Crippen LogP contribution is -2.35. The number of sulfonamides is 1. The fraction of sp³-hybridized carbons (Fsp3) is 0.211. The highest BCUT2D eigenvalue weighted by molar-refractivity contribution is 7.89. The van der Waals surface area contributed by atoms with Crippen molar-refractivity contribution in [2.24, 2.45) is 0 Å². The number of hydrogen-bond donors (Lipinski definition) is 1. The van der Waals surface area contributed by atoms with Gasteiger partial charge in [-0.3, -0.25) is 5.10 Å². The number of benzene rings is 2. The standard InChI is InChI=1S/C19H18ClN3O3S/c1-26-15-5-7-16(8-6-15)27(24,25)23-10-9-18-17(12-23)19(22-21-18)13-3-2-4-14(20)11-13/h2-8,11H,9-10,12H2,1H3,(H,21,22). The number of rotatable bonds is 4. The molecule has 0 fully saturated rings. The fourth-order valence-corrected chi connectivity index (χ4v) is 4.85. The Morgan fingerprint density at radius 3 is 2.67 bits per heavy atom. The van der Waals surface area contributed by atoms with Crippen molar-refractivity contribution in [3.8, 4) is 17.0 Å². The number of aromatic nitrogens is 2. The molecule has 140 valence electrons. The van der Waals surface area contributed by atoms with Gasteiger partial charge in [0.15, 0.2) is 0 Å². The van der Waals surface area contributed by atoms with Crippen LogP contribution < -0.4 is 4.74 Å². The van der Waals surface area contributed by atoms with Gasteiger partial charge in [-0.05, 0) is 36.4 Å². The Balaban J connectivity index is 1.67. The predicted octanol–water partition coefficient (Wildman–Crippen LogP) is 3.49. The lowest BCUT2D eigenvalue weighted by Gasteiger charge is -2.26. The zero-order chi connectivity index (χ0) is 19.0. The molecule has 1 aliphatic rings. The van der Waals surface area contributed by atoms with Gasteiger partial charge in [0, 0.05) is 41.4 Å². The van der Waals surface area contributed by atoms with Crippen molar-refractivity contribution < 1.29 is 13.2 Å². The van der Waals surface area contributed by atoms with E-state index >= 15 is 0 Å². The van der Waals surface area contributed by atoms with E-state index in [4.69, 9.17) is 16.3 Å². The first kappa shape index (κ1) is 18.0. The average molecular weight is 404 g/mol. The minimum atomic E-state index is -3.60. The van der Waals surface area contributed by atoms with Crippen molar-refractivity contribution in [3.63, 3.8) is 0 Å². The summed E-state index contributed by atoms with van der Waals surface area (Å²) in [6, 6.07) is 13.8. The molecule has 0 saturated carbocycles. The predicted molar refractivity (Wildman–Crippen MR) is 103 cm³/mol. The van der Waals surface area contributed by atoms with Crippen LogP contribution in [-0.2, 0) is 23.0 Å². The van der Waals surface area contributed by atoms with Crippen LogP contribution in [0.2, 0.25) is 5.02 Å². The molecule has 8 heteroatoms. The molecule has 0 spiro atoms. The Morgan fingerprint density at radius 2 is 1.96 bits per heavy atom. The van der Waals surface area contributed by atoms with Crippen LogP contribution in [0.25, 0.3) is 11.3 Å². The molecule has 1 aliphatic heterocycles. The third-order valence-electron chi connectivity index (χ3n) is 4.69. The maximum atomic E-state index is 13.1. The summed E-state index contributed by atoms with van der Waals surface area (Å²) in [5.41, 5.74) is 3.46. The largest absolute Gasteiger partial charge is 0.497 e. The second kappa shape index (κ2) is 6.99. The van der Waals surface area contributed by atoms with E-state index in [0.717, 1.165) is 22.5 Å². The monoisotopic (exact) mass is 403 g/mol. The molecule has 6 nitrogen and oxygen atoms in total. The molecule has 0 unspecified atom stereocenters. The van der Waals surface area contributed by atoms with E-state index in [1.807, 2.05) is 18.2 Å². The van der Waals surface area contributed by atoms with Gasteiger partial charge in [0.25, 0.3) is 0 Å². The van der Waals surface area contributed by atoms with Gasteiger partial charge in [0.05, 0.1) is 17.7 Å². The number of nitrogens with one attached hydrogen (secondary N) is 1. The molecule has 0 bridgehead atoms. The molecule has 2 aromatic carbocycles. The van der Waals surface area contributed by atoms with Crippen LogP contribution in [0.15, 0.2) is 53.4 Å². The first-order chi connectivity index (χ1) is 13.0. The molecular formula is C19H18ClN3O3S. The Hall–Kier alpha value is -2.35. The molecule has 4 rings (SSSR count). The minimum absolute atomic E-state index is 0.250. The number of ether oxygens (including phenoxy) is 1. The van der Waals surface area contributed by atoms with E-state index in [9.17, 15) is 8.42 Å². The topological polar surface area (TPSA) is 75.3 Å². The second-order valence-corrected chi connectivity index (χ2v) is 8.68. The van der Waals surface area contributed by atoms with Crippen molar-refractivity contribution in [2.75, 3.05) is 13.7 Å². The number of hydrogen-bond acceptors (Lipinski definition) is 4. The van der Waals surface area contributed by atoms with Crippen LogP contribution in [0.3, 0.4) is 0 Å². The van der Waals surface area contributed by atoms with Gasteiger partial charge < -0.3 is 4.74 Å². The Bertz CT molecular complexity index is 1080. The number of nitrogens with zero attached hydrogens (tertiary/aromatic N) is 2. The number of methoxy groups -OCH3 is 1. The average Bonchev–Trinajstić information content (AvgIpc) is 3.11. The molecule has 1 N–H and O–H groups in total. The van der Waals surface area contributed by atoms with Gasteiger partial charge in [0.1, 0.15) is 5.75 Å². The molecule has 1 aromatic heterocycles. The highest BCUT2D eigenvalue weighted by Crippen LogP contribution is 2.32. The minimum Gasteiger partial charge on any atom is -0.497 e. The molecule has 3 aromatic rings. The van der Waals surface area contributed by atoms with Crippen molar-refractivity contribution in [1.29, 1.82) is 0 Å². The van der Waals surface area contributed by atoms with Gasteiger partial charge in [-0.1, -0.05) is 23.7 Å². The first-order valence-electron chi connectivity index (χ1n) is 8.45. The van der Waals surface area contributed by atoms with Gasteiger partial charge in [-0.15, -0.1) is 0 Å². The van der Waals surface area contributed by atoms with E-state index in [-0.39, 0.29) is 11.4 Å². The van der Waals surface area contributed by atoms with Crippen molar-refractivity contribution in [2.45, 2.75) is 17.9 Å². The molecular weight excluding hydrogens is 386 g/mol. The number of fused-ring (bicyclic) bond motifs is 1. The Labute approximate surface area is 162 Å². The third kappa shape index (κ3) is 3.34. The highest BCUT2D eigenvalue weighted by atomic mass is 35.5. The molecule has 0 amide bonds. The Morgan fingerprint density at radius 1 is 1.19 bits per heavy atom. The lowest BCUT2D eigenvalue weighted by atomic mass is 10.0. The maximum absolute atomic E-state index is 13.1. The van der Waals surface area contributed by atoms with Gasteiger partial charge in [-0.25, -0.2) is 8.42 Å². The van der Waals surface area contributed by atoms with Crippen LogP contribution in [-0.4, -0.2) is 36.6 Å². The van der Waals surface area contributed by atoms with Crippen LogP contribution >= 0.6 is 11.6 Å². The van der Waals surface area contributed by atoms with Crippen molar-refractivity contribution in [3.05, 3.63) is 64.8 Å². The molecule has 0 radical (unpaired) electrons. The molecule has 0 aliphatic carbocycles. The van der Waals surface area contributed by atoms with Crippen LogP contribution in [0.4, 0.5) is 0 Å². The summed E-state index contributed by atoms with van der Waals surface area (Å²) in [5.74, 6) is 0.618. The summed E-state index contributed by atoms with van der Waals surface area (Å²) in [6.07, 6.45) is 0.582. The second-order valence-electron chi connectivity index (χ2n) is 6.30. The smallest absolute Gasteiger partial charge is 0.243 e. The molecule has 27 heavy (non-hydrogen) atoms. The van der Waals surface area contributed by atoms with E-state index in [2.05, 4.69) is 10.2 Å². The van der Waals surface area contributed by atoms with E-state index < -0.39 is 10.0 Å². The van der Waals surface area contributed by atoms with Crippen molar-refractivity contribution >= 4 is 21.6 Å². The molecule has 0 saturated heterocycles. The summed E-state index contributed by atoms with van der Waals surface area (Å²) in [7, 11) is -2.06. The van der Waals surface area contributed by atoms with Gasteiger partial charge >= 0.3 is 0 Å². The van der Waals surface area contributed by atoms with E-state index in [0.29, 0.717) is 23.7 Å². The van der Waals surface area contributed by atoms with Crippen LogP contribution in [0.5, 0.6) is 5.75 Å². The third-order valence-corrected chi connectivity index (χ3v) is 6.79. The summed E-state index contributed by atoms with van der Waals surface area (Å²) in [5, 5.41) is 8.05. The highest BCUT2D eigenvalue weighted by Gasteiger charge is 2.31. The lowest BCUT2D eigenvalue weighted by molar-refractivity contribution is 0.390. The zero-order valence-corrected chi connectivity index (χ0v) is 16.2. The summed E-state index contributed by atoms with van der Waals surface area (Å²) in [6.45, 7) is 0.667. The number of halogens is 1. The van der Waals surface area contributed by atoms with Gasteiger partial charge in [-0.2, -0.15) is 9.40 Å². The molecule has 0 atom stereocenters. The Kier molecular flexibility index (Phi) is 4.67. The first-order valence-corrected chi connectivity index (χ1v) is 10.3. The fourth-order valence-electron chi connectivity index (χ4n) is 3.25. The summed E-state index contributed by atoms with van der Waals surface area (Å²) in [4.78, 5) is 0.250. The van der Waals surface area contributed by atoms with Gasteiger partial charge in [0.2, 0.25) is 10.0 Å². The quantitative estimate of drug-likeness (QED) is 0.723. The van der Waals surface area contributed by atoms with E-state index in [1.54, 1.807) is 37.4 Å². The maximum Gasteiger partial charge on any atom is 0.243 e. The molecule has 2 heterocycles. The summed E-state index contributed by atoms with van der Waals surface area (Å²) >= 11 is 6.10. The summed E-state index contributed by atoms with van der Waals surface area (Å²) < 4.78 is 32.7.